The van der Waals surface area contributed by atoms with E-state index in [1.54, 1.807) is 7.11 Å². The fourth-order valence-corrected chi connectivity index (χ4v) is 2.57. The molecule has 1 unspecified atom stereocenters. The zero-order valence-corrected chi connectivity index (χ0v) is 12.3. The van der Waals surface area contributed by atoms with Crippen LogP contribution in [0.2, 0.25) is 0 Å². The molecule has 0 aliphatic heterocycles. The number of H-pyrrole nitrogens is 1. The van der Waals surface area contributed by atoms with Gasteiger partial charge in [0.25, 0.3) is 0 Å². The van der Waals surface area contributed by atoms with E-state index < -0.39 is 0 Å². The molecule has 1 N–H and O–H groups in total. The number of nitrogens with one attached hydrogen (secondary N) is 1. The van der Waals surface area contributed by atoms with Crippen LogP contribution in [-0.4, -0.2) is 12.1 Å². The predicted molar refractivity (Wildman–Crippen MR) is 88.7 cm³/mol. The highest BCUT2D eigenvalue weighted by molar-refractivity contribution is 5.84. The third-order valence-electron chi connectivity index (χ3n) is 3.78. The Labute approximate surface area is 125 Å². The number of para-hydroxylation sites is 1. The molecule has 106 valence electrons. The molecule has 21 heavy (non-hydrogen) atoms. The van der Waals surface area contributed by atoms with E-state index in [1.807, 2.05) is 18.2 Å². The molecule has 2 heteroatoms. The van der Waals surface area contributed by atoms with E-state index in [0.29, 0.717) is 5.92 Å². The highest BCUT2D eigenvalue weighted by atomic mass is 16.5. The number of hydrogen-bond acceptors (Lipinski definition) is 1. The summed E-state index contributed by atoms with van der Waals surface area (Å²) in [6.07, 6.45) is 6.48. The Balaban J connectivity index is 1.85. The SMILES string of the molecule is COc1cccc(/C=C/C(C)c2c[nH]c3ccccc23)c1. The molecule has 0 amide bonds. The van der Waals surface area contributed by atoms with Crippen molar-refractivity contribution < 1.29 is 4.74 Å². The summed E-state index contributed by atoms with van der Waals surface area (Å²) in [5.74, 6) is 1.24. The summed E-state index contributed by atoms with van der Waals surface area (Å²) in [5, 5.41) is 1.29. The highest BCUT2D eigenvalue weighted by Crippen LogP contribution is 2.27. The summed E-state index contributed by atoms with van der Waals surface area (Å²) in [6.45, 7) is 2.21. The van der Waals surface area contributed by atoms with Gasteiger partial charge < -0.3 is 9.72 Å². The topological polar surface area (TPSA) is 25.0 Å². The smallest absolute Gasteiger partial charge is 0.119 e. The van der Waals surface area contributed by atoms with Crippen molar-refractivity contribution >= 4 is 17.0 Å². The minimum absolute atomic E-state index is 0.354. The van der Waals surface area contributed by atoms with Gasteiger partial charge in [0, 0.05) is 23.0 Å². The summed E-state index contributed by atoms with van der Waals surface area (Å²) >= 11 is 0. The van der Waals surface area contributed by atoms with Crippen LogP contribution in [0, 0.1) is 0 Å². The van der Waals surface area contributed by atoms with Crippen LogP contribution in [0.15, 0.2) is 60.8 Å². The van der Waals surface area contributed by atoms with Crippen LogP contribution in [0.1, 0.15) is 24.0 Å². The Morgan fingerprint density at radius 1 is 1.10 bits per heavy atom. The molecule has 3 aromatic rings. The minimum atomic E-state index is 0.354. The second kappa shape index (κ2) is 5.88. The van der Waals surface area contributed by atoms with Gasteiger partial charge in [0.1, 0.15) is 5.75 Å². The molecule has 0 spiro atoms. The van der Waals surface area contributed by atoms with Crippen LogP contribution in [0.25, 0.3) is 17.0 Å². The molecular formula is C19H19NO. The molecule has 3 rings (SSSR count). The van der Waals surface area contributed by atoms with E-state index in [1.165, 1.54) is 16.5 Å². The van der Waals surface area contributed by atoms with Crippen LogP contribution in [-0.2, 0) is 0 Å². The third kappa shape index (κ3) is 2.84. The lowest BCUT2D eigenvalue weighted by Gasteiger charge is -2.05. The first-order chi connectivity index (χ1) is 10.3. The fourth-order valence-electron chi connectivity index (χ4n) is 2.57. The number of aromatic nitrogens is 1. The summed E-state index contributed by atoms with van der Waals surface area (Å²) in [7, 11) is 1.69. The average Bonchev–Trinajstić information content (AvgIpc) is 2.97. The molecule has 0 bridgehead atoms. The summed E-state index contributed by atoms with van der Waals surface area (Å²) in [5.41, 5.74) is 3.67. The van der Waals surface area contributed by atoms with Gasteiger partial charge in [-0.2, -0.15) is 0 Å². The quantitative estimate of drug-likeness (QED) is 0.713. The van der Waals surface area contributed by atoms with E-state index in [9.17, 15) is 0 Å². The first-order valence-corrected chi connectivity index (χ1v) is 7.16. The van der Waals surface area contributed by atoms with E-state index >= 15 is 0 Å². The first-order valence-electron chi connectivity index (χ1n) is 7.16. The van der Waals surface area contributed by atoms with Gasteiger partial charge in [-0.05, 0) is 29.3 Å². The van der Waals surface area contributed by atoms with Gasteiger partial charge in [-0.1, -0.05) is 49.4 Å². The van der Waals surface area contributed by atoms with Crippen molar-refractivity contribution in [1.82, 2.24) is 4.98 Å². The van der Waals surface area contributed by atoms with Gasteiger partial charge in [0.05, 0.1) is 7.11 Å². The number of aromatic amines is 1. The predicted octanol–water partition coefficient (Wildman–Crippen LogP) is 4.99. The number of ether oxygens (including phenoxy) is 1. The lowest BCUT2D eigenvalue weighted by Crippen LogP contribution is -1.87. The molecule has 0 aliphatic carbocycles. The molecule has 2 aromatic carbocycles. The van der Waals surface area contributed by atoms with Crippen molar-refractivity contribution in [2.45, 2.75) is 12.8 Å². The second-order valence-corrected chi connectivity index (χ2v) is 5.21. The Morgan fingerprint density at radius 2 is 1.95 bits per heavy atom. The van der Waals surface area contributed by atoms with E-state index in [-0.39, 0.29) is 0 Å². The number of rotatable bonds is 4. The van der Waals surface area contributed by atoms with Crippen molar-refractivity contribution in [3.63, 3.8) is 0 Å². The van der Waals surface area contributed by atoms with Crippen molar-refractivity contribution in [2.75, 3.05) is 7.11 Å². The summed E-state index contributed by atoms with van der Waals surface area (Å²) in [6, 6.07) is 16.5. The summed E-state index contributed by atoms with van der Waals surface area (Å²) < 4.78 is 5.25. The average molecular weight is 277 g/mol. The lowest BCUT2D eigenvalue weighted by atomic mass is 9.99. The number of benzene rings is 2. The van der Waals surface area contributed by atoms with Crippen LogP contribution < -0.4 is 4.74 Å². The minimum Gasteiger partial charge on any atom is -0.497 e. The maximum absolute atomic E-state index is 5.25. The number of allylic oxidation sites excluding steroid dienone is 1. The molecule has 0 saturated carbocycles. The van der Waals surface area contributed by atoms with Crippen molar-refractivity contribution in [3.05, 3.63) is 71.9 Å². The molecule has 0 radical (unpaired) electrons. The van der Waals surface area contributed by atoms with Crippen molar-refractivity contribution in [2.24, 2.45) is 0 Å². The van der Waals surface area contributed by atoms with E-state index in [2.05, 4.69) is 60.6 Å². The maximum Gasteiger partial charge on any atom is 0.119 e. The Kier molecular flexibility index (Phi) is 3.78. The van der Waals surface area contributed by atoms with E-state index in [4.69, 9.17) is 4.74 Å². The normalized spacial score (nSPS) is 12.9. The molecule has 0 aliphatic rings. The van der Waals surface area contributed by atoms with Gasteiger partial charge >= 0.3 is 0 Å². The van der Waals surface area contributed by atoms with E-state index in [0.717, 1.165) is 11.3 Å². The monoisotopic (exact) mass is 277 g/mol. The van der Waals surface area contributed by atoms with Gasteiger partial charge in [-0.15, -0.1) is 0 Å². The Morgan fingerprint density at radius 3 is 2.81 bits per heavy atom. The fraction of sp³-hybridized carbons (Fsp3) is 0.158. The van der Waals surface area contributed by atoms with Gasteiger partial charge in [0.15, 0.2) is 0 Å². The number of methoxy groups -OCH3 is 1. The maximum atomic E-state index is 5.25. The highest BCUT2D eigenvalue weighted by Gasteiger charge is 2.07. The standard InChI is InChI=1S/C19H19NO/c1-14(10-11-15-6-5-7-16(12-15)21-2)18-13-20-19-9-4-3-8-17(18)19/h3-14,20H,1-2H3/b11-10+. The largest absolute Gasteiger partial charge is 0.497 e. The second-order valence-electron chi connectivity index (χ2n) is 5.21. The zero-order chi connectivity index (χ0) is 14.7. The molecule has 2 nitrogen and oxygen atoms in total. The van der Waals surface area contributed by atoms with Crippen LogP contribution in [0.5, 0.6) is 5.75 Å². The lowest BCUT2D eigenvalue weighted by molar-refractivity contribution is 0.414. The molecule has 1 atom stereocenters. The molecule has 0 fully saturated rings. The molecule has 0 saturated heterocycles. The number of hydrogen-bond donors (Lipinski definition) is 1. The van der Waals surface area contributed by atoms with Crippen LogP contribution in [0.3, 0.4) is 0 Å². The molecule has 1 heterocycles. The van der Waals surface area contributed by atoms with Gasteiger partial charge in [-0.3, -0.25) is 0 Å². The van der Waals surface area contributed by atoms with Crippen LogP contribution in [0.4, 0.5) is 0 Å². The third-order valence-corrected chi connectivity index (χ3v) is 3.78. The van der Waals surface area contributed by atoms with Gasteiger partial charge in [0.2, 0.25) is 0 Å². The first kappa shape index (κ1) is 13.5. The Bertz CT molecular complexity index is 770. The summed E-state index contributed by atoms with van der Waals surface area (Å²) in [4.78, 5) is 3.33. The zero-order valence-electron chi connectivity index (χ0n) is 12.3. The Hall–Kier alpha value is -2.48. The van der Waals surface area contributed by atoms with Gasteiger partial charge in [-0.25, -0.2) is 0 Å². The van der Waals surface area contributed by atoms with Crippen molar-refractivity contribution in [3.8, 4) is 5.75 Å². The van der Waals surface area contributed by atoms with Crippen LogP contribution >= 0.6 is 0 Å². The van der Waals surface area contributed by atoms with Crippen molar-refractivity contribution in [1.29, 1.82) is 0 Å². The molecular weight excluding hydrogens is 258 g/mol. The molecule has 1 aromatic heterocycles. The number of fused-ring (bicyclic) bond motifs is 1.